The van der Waals surface area contributed by atoms with Crippen molar-refractivity contribution in [2.45, 2.75) is 25.8 Å². The fourth-order valence-electron chi connectivity index (χ4n) is 2.60. The standard InChI is InChI=1S/C21H22Br2N2O6/c1-13(7-14-3-5-17(6-4-14)30-12-21(28)29-2)24-19(26)11-31-20(27)10-16-8-15(22)9-18(23)25-16/h3-6,8-9,13H,7,10-12H2,1-2H3,(H,24,26). The lowest BCUT2D eigenvalue weighted by atomic mass is 10.1. The summed E-state index contributed by atoms with van der Waals surface area (Å²) in [6.07, 6.45) is 0.540. The molecule has 1 aromatic heterocycles. The van der Waals surface area contributed by atoms with E-state index in [0.29, 0.717) is 22.5 Å². The van der Waals surface area contributed by atoms with Crippen LogP contribution in [0.25, 0.3) is 0 Å². The maximum atomic E-state index is 12.1. The van der Waals surface area contributed by atoms with E-state index in [4.69, 9.17) is 9.47 Å². The number of hydrogen-bond donors (Lipinski definition) is 1. The van der Waals surface area contributed by atoms with Crippen LogP contribution in [0.2, 0.25) is 0 Å². The van der Waals surface area contributed by atoms with Crippen molar-refractivity contribution in [3.05, 3.63) is 56.7 Å². The Morgan fingerprint density at radius 3 is 2.42 bits per heavy atom. The third-order valence-electron chi connectivity index (χ3n) is 3.96. The third kappa shape index (κ3) is 9.48. The van der Waals surface area contributed by atoms with E-state index in [-0.39, 0.29) is 31.6 Å². The number of benzene rings is 1. The van der Waals surface area contributed by atoms with Gasteiger partial charge in [-0.25, -0.2) is 9.78 Å². The number of aromatic nitrogens is 1. The summed E-state index contributed by atoms with van der Waals surface area (Å²) in [4.78, 5) is 39.3. The summed E-state index contributed by atoms with van der Waals surface area (Å²) in [5, 5.41) is 2.79. The largest absolute Gasteiger partial charge is 0.482 e. The first-order valence-corrected chi connectivity index (χ1v) is 10.9. The molecular weight excluding hydrogens is 536 g/mol. The van der Waals surface area contributed by atoms with Crippen LogP contribution in [-0.4, -0.2) is 49.2 Å². The van der Waals surface area contributed by atoms with Gasteiger partial charge in [-0.2, -0.15) is 0 Å². The number of nitrogens with one attached hydrogen (secondary N) is 1. The zero-order chi connectivity index (χ0) is 22.8. The van der Waals surface area contributed by atoms with Gasteiger partial charge in [-0.15, -0.1) is 0 Å². The van der Waals surface area contributed by atoms with Crippen LogP contribution in [0.4, 0.5) is 0 Å². The Labute approximate surface area is 196 Å². The number of halogens is 2. The van der Waals surface area contributed by atoms with Crippen molar-refractivity contribution in [3.8, 4) is 5.75 Å². The predicted octanol–water partition coefficient (Wildman–Crippen LogP) is 2.99. The zero-order valence-electron chi connectivity index (χ0n) is 17.0. The number of methoxy groups -OCH3 is 1. The molecule has 0 aliphatic carbocycles. The van der Waals surface area contributed by atoms with Crippen LogP contribution in [0.5, 0.6) is 5.75 Å². The summed E-state index contributed by atoms with van der Waals surface area (Å²) < 4.78 is 16.2. The van der Waals surface area contributed by atoms with Gasteiger partial charge in [0, 0.05) is 10.5 Å². The Bertz CT molecular complexity index is 900. The van der Waals surface area contributed by atoms with Crippen molar-refractivity contribution in [3.63, 3.8) is 0 Å². The number of carbonyl (C=O) groups excluding carboxylic acids is 3. The van der Waals surface area contributed by atoms with Crippen LogP contribution in [-0.2, 0) is 36.7 Å². The van der Waals surface area contributed by atoms with E-state index in [0.717, 1.165) is 10.0 Å². The van der Waals surface area contributed by atoms with Gasteiger partial charge in [0.25, 0.3) is 5.91 Å². The van der Waals surface area contributed by atoms with Crippen molar-refractivity contribution >= 4 is 49.7 Å². The molecule has 0 saturated carbocycles. The summed E-state index contributed by atoms with van der Waals surface area (Å²) in [7, 11) is 1.30. The topological polar surface area (TPSA) is 104 Å². The number of ether oxygens (including phenoxy) is 3. The summed E-state index contributed by atoms with van der Waals surface area (Å²) in [5.74, 6) is -0.836. The second-order valence-corrected chi connectivity index (χ2v) is 8.35. The summed E-state index contributed by atoms with van der Waals surface area (Å²) >= 11 is 6.58. The first kappa shape index (κ1) is 24.8. The molecule has 0 aliphatic rings. The van der Waals surface area contributed by atoms with Crippen LogP contribution >= 0.6 is 31.9 Å². The molecule has 1 unspecified atom stereocenters. The number of rotatable bonds is 10. The van der Waals surface area contributed by atoms with Crippen LogP contribution < -0.4 is 10.1 Å². The first-order chi connectivity index (χ1) is 14.7. The van der Waals surface area contributed by atoms with Gasteiger partial charge in [-0.05, 0) is 59.1 Å². The molecule has 1 amide bonds. The predicted molar refractivity (Wildman–Crippen MR) is 120 cm³/mol. The van der Waals surface area contributed by atoms with Crippen LogP contribution in [0.15, 0.2) is 45.5 Å². The normalized spacial score (nSPS) is 11.4. The lowest BCUT2D eigenvalue weighted by molar-refractivity contribution is -0.148. The van der Waals surface area contributed by atoms with Gasteiger partial charge in [-0.3, -0.25) is 9.59 Å². The Morgan fingerprint density at radius 1 is 1.06 bits per heavy atom. The molecule has 0 spiro atoms. The molecule has 1 N–H and O–H groups in total. The number of amides is 1. The zero-order valence-corrected chi connectivity index (χ0v) is 20.2. The highest BCUT2D eigenvalue weighted by atomic mass is 79.9. The molecule has 0 fully saturated rings. The quantitative estimate of drug-likeness (QED) is 0.354. The summed E-state index contributed by atoms with van der Waals surface area (Å²) in [6.45, 7) is 1.33. The van der Waals surface area contributed by atoms with Crippen LogP contribution in [0.3, 0.4) is 0 Å². The molecule has 10 heteroatoms. The van der Waals surface area contributed by atoms with Gasteiger partial charge >= 0.3 is 11.9 Å². The number of hydrogen-bond acceptors (Lipinski definition) is 7. The molecular formula is C21H22Br2N2O6. The van der Waals surface area contributed by atoms with Crippen molar-refractivity contribution in [2.75, 3.05) is 20.3 Å². The second kappa shape index (κ2) is 12.4. The smallest absolute Gasteiger partial charge is 0.343 e. The van der Waals surface area contributed by atoms with Crippen molar-refractivity contribution in [1.82, 2.24) is 10.3 Å². The van der Waals surface area contributed by atoms with E-state index in [1.165, 1.54) is 7.11 Å². The summed E-state index contributed by atoms with van der Waals surface area (Å²) in [5.41, 5.74) is 1.50. The molecule has 0 saturated heterocycles. The Morgan fingerprint density at radius 2 is 1.77 bits per heavy atom. The monoisotopic (exact) mass is 556 g/mol. The minimum atomic E-state index is -0.539. The highest BCUT2D eigenvalue weighted by Crippen LogP contribution is 2.17. The van der Waals surface area contributed by atoms with Crippen molar-refractivity contribution in [1.29, 1.82) is 0 Å². The fraction of sp³-hybridized carbons (Fsp3) is 0.333. The Hall–Kier alpha value is -2.46. The van der Waals surface area contributed by atoms with E-state index in [1.54, 1.807) is 24.3 Å². The molecule has 166 valence electrons. The number of esters is 2. The molecule has 2 aromatic rings. The lowest BCUT2D eigenvalue weighted by Crippen LogP contribution is -2.37. The molecule has 0 radical (unpaired) electrons. The molecule has 31 heavy (non-hydrogen) atoms. The summed E-state index contributed by atoms with van der Waals surface area (Å²) in [6, 6.07) is 10.5. The van der Waals surface area contributed by atoms with E-state index in [9.17, 15) is 14.4 Å². The number of carbonyl (C=O) groups is 3. The molecule has 8 nitrogen and oxygen atoms in total. The van der Waals surface area contributed by atoms with Crippen LogP contribution in [0, 0.1) is 0 Å². The number of nitrogens with zero attached hydrogens (tertiary/aromatic N) is 1. The average molecular weight is 558 g/mol. The Kier molecular flexibility index (Phi) is 9.93. The molecule has 1 heterocycles. The van der Waals surface area contributed by atoms with Gasteiger partial charge in [0.1, 0.15) is 10.4 Å². The lowest BCUT2D eigenvalue weighted by Gasteiger charge is -2.14. The maximum absolute atomic E-state index is 12.1. The fourth-order valence-corrected chi connectivity index (χ4v) is 3.86. The molecule has 1 aromatic carbocycles. The van der Waals surface area contributed by atoms with E-state index >= 15 is 0 Å². The van der Waals surface area contributed by atoms with Gasteiger partial charge in [0.15, 0.2) is 13.2 Å². The van der Waals surface area contributed by atoms with Gasteiger partial charge < -0.3 is 19.5 Å². The van der Waals surface area contributed by atoms with Gasteiger partial charge in [-0.1, -0.05) is 28.1 Å². The van der Waals surface area contributed by atoms with Crippen molar-refractivity contribution < 1.29 is 28.6 Å². The average Bonchev–Trinajstić information content (AvgIpc) is 2.70. The van der Waals surface area contributed by atoms with Gasteiger partial charge in [0.05, 0.1) is 19.2 Å². The molecule has 1 atom stereocenters. The highest BCUT2D eigenvalue weighted by molar-refractivity contribution is 9.11. The second-order valence-electron chi connectivity index (χ2n) is 6.62. The minimum absolute atomic E-state index is 0.0364. The molecule has 2 rings (SSSR count). The first-order valence-electron chi connectivity index (χ1n) is 9.30. The highest BCUT2D eigenvalue weighted by Gasteiger charge is 2.13. The van der Waals surface area contributed by atoms with Crippen LogP contribution in [0.1, 0.15) is 18.2 Å². The van der Waals surface area contributed by atoms with Crippen molar-refractivity contribution in [2.24, 2.45) is 0 Å². The Balaban J connectivity index is 1.72. The van der Waals surface area contributed by atoms with E-state index in [1.807, 2.05) is 19.1 Å². The minimum Gasteiger partial charge on any atom is -0.482 e. The molecule has 0 aliphatic heterocycles. The van der Waals surface area contributed by atoms with E-state index < -0.39 is 11.9 Å². The van der Waals surface area contributed by atoms with Gasteiger partial charge in [0.2, 0.25) is 0 Å². The number of pyridine rings is 1. The van der Waals surface area contributed by atoms with E-state index in [2.05, 4.69) is 46.9 Å². The molecule has 0 bridgehead atoms. The SMILES string of the molecule is COC(=O)COc1ccc(CC(C)NC(=O)COC(=O)Cc2cc(Br)cc(Br)n2)cc1. The third-order valence-corrected chi connectivity index (χ3v) is 4.82. The maximum Gasteiger partial charge on any atom is 0.343 e.